The smallest absolute Gasteiger partial charge is 0.157 e. The van der Waals surface area contributed by atoms with Crippen LogP contribution >= 0.6 is 0 Å². The number of ether oxygens (including phenoxy) is 3. The summed E-state index contributed by atoms with van der Waals surface area (Å²) in [7, 11) is 0. The minimum absolute atomic E-state index is 0.150. The van der Waals surface area contributed by atoms with Crippen LogP contribution in [0.2, 0.25) is 0 Å². The predicted molar refractivity (Wildman–Crippen MR) is 88.2 cm³/mol. The molecule has 2 rings (SSSR count). The molecule has 0 aromatic rings. The first-order chi connectivity index (χ1) is 11.2. The summed E-state index contributed by atoms with van der Waals surface area (Å²) in [5, 5.41) is 19.6. The quantitative estimate of drug-likeness (QED) is 0.603. The molecule has 136 valence electrons. The van der Waals surface area contributed by atoms with Gasteiger partial charge < -0.3 is 24.4 Å². The average molecular weight is 330 g/mol. The lowest BCUT2D eigenvalue weighted by molar-refractivity contribution is -0.271. The first-order valence-electron chi connectivity index (χ1n) is 9.41. The lowest BCUT2D eigenvalue weighted by Gasteiger charge is -2.38. The predicted octanol–water partition coefficient (Wildman–Crippen LogP) is 2.77. The van der Waals surface area contributed by atoms with E-state index in [9.17, 15) is 10.2 Å². The molecule has 2 saturated heterocycles. The van der Waals surface area contributed by atoms with E-state index in [2.05, 4.69) is 6.92 Å². The molecule has 0 bridgehead atoms. The normalized spacial score (nSPS) is 34.3. The lowest BCUT2D eigenvalue weighted by atomic mass is 9.96. The van der Waals surface area contributed by atoms with Crippen LogP contribution in [0.1, 0.15) is 71.1 Å². The van der Waals surface area contributed by atoms with Crippen molar-refractivity contribution in [3.63, 3.8) is 0 Å². The van der Waals surface area contributed by atoms with Gasteiger partial charge in [0, 0.05) is 0 Å². The van der Waals surface area contributed by atoms with E-state index in [0.717, 1.165) is 12.8 Å². The molecule has 1 unspecified atom stereocenters. The molecule has 0 aromatic carbocycles. The Hall–Kier alpha value is -0.200. The Morgan fingerprint density at radius 3 is 1.96 bits per heavy atom. The zero-order valence-electron chi connectivity index (χ0n) is 14.5. The molecule has 0 aromatic heterocycles. The summed E-state index contributed by atoms with van der Waals surface area (Å²) in [4.78, 5) is 0. The van der Waals surface area contributed by atoms with Crippen molar-refractivity contribution >= 4 is 0 Å². The molecule has 2 fully saturated rings. The van der Waals surface area contributed by atoms with Crippen molar-refractivity contribution in [3.05, 3.63) is 0 Å². The number of aliphatic hydroxyl groups is 2. The van der Waals surface area contributed by atoms with Crippen LogP contribution in [-0.4, -0.2) is 54.1 Å². The first-order valence-corrected chi connectivity index (χ1v) is 9.41. The third-order valence-electron chi connectivity index (χ3n) is 5.02. The molecule has 0 radical (unpaired) electrons. The molecule has 1 spiro atoms. The fourth-order valence-electron chi connectivity index (χ4n) is 3.38. The molecule has 5 nitrogen and oxygen atoms in total. The summed E-state index contributed by atoms with van der Waals surface area (Å²) in [6.07, 6.45) is 10.7. The molecule has 2 N–H and O–H groups in total. The second-order valence-corrected chi connectivity index (χ2v) is 7.06. The Bertz CT molecular complexity index is 315. The average Bonchev–Trinajstić information content (AvgIpc) is 2.84. The van der Waals surface area contributed by atoms with Crippen molar-refractivity contribution in [2.45, 2.75) is 95.2 Å². The molecule has 0 aliphatic carbocycles. The summed E-state index contributed by atoms with van der Waals surface area (Å²) in [6, 6.07) is 0. The highest BCUT2D eigenvalue weighted by atomic mass is 16.7. The van der Waals surface area contributed by atoms with Crippen LogP contribution < -0.4 is 0 Å². The topological polar surface area (TPSA) is 68.2 Å². The van der Waals surface area contributed by atoms with Gasteiger partial charge in [-0.05, 0) is 12.8 Å². The van der Waals surface area contributed by atoms with Crippen molar-refractivity contribution in [2.24, 2.45) is 0 Å². The largest absolute Gasteiger partial charge is 0.388 e. The molecule has 2 heterocycles. The van der Waals surface area contributed by atoms with Gasteiger partial charge in [0.05, 0.1) is 19.8 Å². The summed E-state index contributed by atoms with van der Waals surface area (Å²) in [6.45, 7) is 3.00. The zero-order valence-corrected chi connectivity index (χ0v) is 14.5. The van der Waals surface area contributed by atoms with E-state index < -0.39 is 17.8 Å². The van der Waals surface area contributed by atoms with Gasteiger partial charge in [0.1, 0.15) is 17.8 Å². The molecule has 5 heteroatoms. The van der Waals surface area contributed by atoms with Crippen LogP contribution in [-0.2, 0) is 14.2 Å². The van der Waals surface area contributed by atoms with E-state index in [1.165, 1.54) is 51.4 Å². The second kappa shape index (κ2) is 9.94. The minimum Gasteiger partial charge on any atom is -0.388 e. The SMILES string of the molecule is CCCCCCCCCCCC1OCC2(CO1)OC[C@@H](O)C2O. The van der Waals surface area contributed by atoms with Gasteiger partial charge in [-0.1, -0.05) is 58.3 Å². The fourth-order valence-corrected chi connectivity index (χ4v) is 3.38. The summed E-state index contributed by atoms with van der Waals surface area (Å²) in [5.41, 5.74) is -0.867. The van der Waals surface area contributed by atoms with Crippen molar-refractivity contribution < 1.29 is 24.4 Å². The van der Waals surface area contributed by atoms with Gasteiger partial charge in [0.15, 0.2) is 6.29 Å². The summed E-state index contributed by atoms with van der Waals surface area (Å²) >= 11 is 0. The number of aliphatic hydroxyl groups excluding tert-OH is 2. The number of unbranched alkanes of at least 4 members (excludes halogenated alkanes) is 8. The minimum atomic E-state index is -0.920. The van der Waals surface area contributed by atoms with Crippen LogP contribution in [0.25, 0.3) is 0 Å². The number of rotatable bonds is 10. The van der Waals surface area contributed by atoms with Crippen LogP contribution in [0, 0.1) is 0 Å². The molecule has 23 heavy (non-hydrogen) atoms. The van der Waals surface area contributed by atoms with Crippen molar-refractivity contribution in [3.8, 4) is 0 Å². The molecule has 0 saturated carbocycles. The third-order valence-corrected chi connectivity index (χ3v) is 5.02. The van der Waals surface area contributed by atoms with Crippen LogP contribution in [0.5, 0.6) is 0 Å². The molecule has 2 aliphatic rings. The van der Waals surface area contributed by atoms with Crippen molar-refractivity contribution in [1.82, 2.24) is 0 Å². The van der Waals surface area contributed by atoms with E-state index in [1.807, 2.05) is 0 Å². The Morgan fingerprint density at radius 2 is 1.43 bits per heavy atom. The van der Waals surface area contributed by atoms with E-state index in [0.29, 0.717) is 13.2 Å². The van der Waals surface area contributed by atoms with Gasteiger partial charge in [-0.15, -0.1) is 0 Å². The zero-order chi connectivity index (χ0) is 16.5. The van der Waals surface area contributed by atoms with Gasteiger partial charge in [0.2, 0.25) is 0 Å². The summed E-state index contributed by atoms with van der Waals surface area (Å²) in [5.74, 6) is 0. The fraction of sp³-hybridized carbons (Fsp3) is 1.00. The van der Waals surface area contributed by atoms with Gasteiger partial charge in [-0.3, -0.25) is 0 Å². The van der Waals surface area contributed by atoms with E-state index in [4.69, 9.17) is 14.2 Å². The molecule has 2 atom stereocenters. The van der Waals surface area contributed by atoms with E-state index in [1.54, 1.807) is 0 Å². The molecule has 2 aliphatic heterocycles. The Morgan fingerprint density at radius 1 is 0.870 bits per heavy atom. The number of hydrogen-bond acceptors (Lipinski definition) is 5. The third kappa shape index (κ3) is 5.68. The Balaban J connectivity index is 1.47. The van der Waals surface area contributed by atoms with Crippen LogP contribution in [0.3, 0.4) is 0 Å². The highest BCUT2D eigenvalue weighted by molar-refractivity contribution is 4.99. The highest BCUT2D eigenvalue weighted by Gasteiger charge is 2.52. The molecular formula is C18H34O5. The van der Waals surface area contributed by atoms with Crippen molar-refractivity contribution in [1.29, 1.82) is 0 Å². The number of hydrogen-bond donors (Lipinski definition) is 2. The standard InChI is InChI=1S/C18H34O5/c1-2-3-4-5-6-7-8-9-10-11-16-21-13-18(14-22-16)17(20)15(19)12-23-18/h15-17,19-20H,2-14H2,1H3/t15-,16?,17?,18?/m1/s1. The lowest BCUT2D eigenvalue weighted by Crippen LogP contribution is -2.55. The maximum absolute atomic E-state index is 9.97. The summed E-state index contributed by atoms with van der Waals surface area (Å²) < 4.78 is 16.9. The maximum atomic E-state index is 9.97. The Kier molecular flexibility index (Phi) is 8.27. The van der Waals surface area contributed by atoms with E-state index >= 15 is 0 Å². The van der Waals surface area contributed by atoms with Gasteiger partial charge in [0.25, 0.3) is 0 Å². The van der Waals surface area contributed by atoms with Gasteiger partial charge in [-0.2, -0.15) is 0 Å². The van der Waals surface area contributed by atoms with Crippen molar-refractivity contribution in [2.75, 3.05) is 19.8 Å². The molecule has 0 amide bonds. The monoisotopic (exact) mass is 330 g/mol. The molecular weight excluding hydrogens is 296 g/mol. The van der Waals surface area contributed by atoms with Crippen LogP contribution in [0.15, 0.2) is 0 Å². The van der Waals surface area contributed by atoms with Gasteiger partial charge in [-0.25, -0.2) is 0 Å². The second-order valence-electron chi connectivity index (χ2n) is 7.06. The first kappa shape index (κ1) is 19.1. The van der Waals surface area contributed by atoms with Crippen LogP contribution in [0.4, 0.5) is 0 Å². The maximum Gasteiger partial charge on any atom is 0.157 e. The van der Waals surface area contributed by atoms with Gasteiger partial charge >= 0.3 is 0 Å². The highest BCUT2D eigenvalue weighted by Crippen LogP contribution is 2.32. The Labute approximate surface area is 140 Å². The van der Waals surface area contributed by atoms with E-state index in [-0.39, 0.29) is 12.9 Å².